The second kappa shape index (κ2) is 5.82. The van der Waals surface area contributed by atoms with Crippen molar-refractivity contribution in [2.24, 2.45) is 11.7 Å². The molecule has 0 saturated carbocycles. The van der Waals surface area contributed by atoms with E-state index in [1.807, 2.05) is 0 Å². The molecule has 14 heavy (non-hydrogen) atoms. The molecule has 1 aromatic rings. The zero-order valence-electron chi connectivity index (χ0n) is 9.24. The second-order valence-corrected chi connectivity index (χ2v) is 4.31. The van der Waals surface area contributed by atoms with Crippen LogP contribution < -0.4 is 5.73 Å². The molecule has 0 fully saturated rings. The van der Waals surface area contributed by atoms with E-state index in [1.165, 1.54) is 18.4 Å². The molecule has 1 atom stereocenters. The molecule has 1 unspecified atom stereocenters. The molecule has 0 radical (unpaired) electrons. The zero-order valence-corrected chi connectivity index (χ0v) is 9.24. The molecule has 0 aliphatic rings. The lowest BCUT2D eigenvalue weighted by molar-refractivity contribution is 0.503. The Morgan fingerprint density at radius 2 is 1.71 bits per heavy atom. The number of hydrogen-bond donors (Lipinski definition) is 1. The molecule has 1 nitrogen and oxygen atoms in total. The molecule has 0 bridgehead atoms. The molecule has 78 valence electrons. The van der Waals surface area contributed by atoms with Crippen LogP contribution in [0.3, 0.4) is 0 Å². The van der Waals surface area contributed by atoms with Crippen LogP contribution in [-0.2, 0) is 0 Å². The minimum Gasteiger partial charge on any atom is -0.330 e. The largest absolute Gasteiger partial charge is 0.330 e. The Morgan fingerprint density at radius 1 is 1.07 bits per heavy atom. The molecule has 0 spiro atoms. The normalized spacial score (nSPS) is 13.1. The fourth-order valence-corrected chi connectivity index (χ4v) is 1.68. The summed E-state index contributed by atoms with van der Waals surface area (Å²) in [6.07, 6.45) is 2.47. The highest BCUT2D eigenvalue weighted by molar-refractivity contribution is 5.19. The Morgan fingerprint density at radius 3 is 2.21 bits per heavy atom. The molecule has 0 amide bonds. The number of benzene rings is 1. The average Bonchev–Trinajstić information content (AvgIpc) is 2.20. The van der Waals surface area contributed by atoms with Gasteiger partial charge in [-0.25, -0.2) is 0 Å². The molecule has 1 aromatic carbocycles. The third-order valence-corrected chi connectivity index (χ3v) is 2.65. The first-order valence-electron chi connectivity index (χ1n) is 5.49. The molecular formula is C13H21N. The maximum atomic E-state index is 5.79. The second-order valence-electron chi connectivity index (χ2n) is 4.31. The number of rotatable bonds is 5. The van der Waals surface area contributed by atoms with Crippen LogP contribution in [0.1, 0.15) is 38.2 Å². The summed E-state index contributed by atoms with van der Waals surface area (Å²) in [4.78, 5) is 0. The molecular weight excluding hydrogens is 170 g/mol. The van der Waals surface area contributed by atoms with Crippen molar-refractivity contribution in [3.05, 3.63) is 35.9 Å². The summed E-state index contributed by atoms with van der Waals surface area (Å²) in [5, 5.41) is 0. The quantitative estimate of drug-likeness (QED) is 0.760. The first kappa shape index (κ1) is 11.3. The highest BCUT2D eigenvalue weighted by atomic mass is 14.5. The third-order valence-electron chi connectivity index (χ3n) is 2.65. The highest BCUT2D eigenvalue weighted by Gasteiger charge is 2.09. The molecule has 2 N–H and O–H groups in total. The van der Waals surface area contributed by atoms with E-state index in [9.17, 15) is 0 Å². The van der Waals surface area contributed by atoms with E-state index in [1.54, 1.807) is 0 Å². The Labute approximate surface area is 87.3 Å². The van der Waals surface area contributed by atoms with Crippen molar-refractivity contribution in [3.63, 3.8) is 0 Å². The van der Waals surface area contributed by atoms with Crippen LogP contribution in [0.2, 0.25) is 0 Å². The highest BCUT2D eigenvalue weighted by Crippen LogP contribution is 2.21. The fraction of sp³-hybridized carbons (Fsp3) is 0.538. The lowest BCUT2D eigenvalue weighted by atomic mass is 9.91. The number of nitrogens with two attached hydrogens (primary N) is 1. The van der Waals surface area contributed by atoms with E-state index in [2.05, 4.69) is 44.2 Å². The fourth-order valence-electron chi connectivity index (χ4n) is 1.68. The summed E-state index contributed by atoms with van der Waals surface area (Å²) in [5.74, 6) is 1.31. The average molecular weight is 191 g/mol. The van der Waals surface area contributed by atoms with Crippen molar-refractivity contribution in [3.8, 4) is 0 Å². The smallest absolute Gasteiger partial charge is 0.000824 e. The lowest BCUT2D eigenvalue weighted by Crippen LogP contribution is -2.13. The van der Waals surface area contributed by atoms with Gasteiger partial charge in [0.15, 0.2) is 0 Å². The molecule has 0 saturated heterocycles. The van der Waals surface area contributed by atoms with Crippen LogP contribution in [0, 0.1) is 5.92 Å². The van der Waals surface area contributed by atoms with E-state index < -0.39 is 0 Å². The van der Waals surface area contributed by atoms with E-state index in [-0.39, 0.29) is 0 Å². The van der Waals surface area contributed by atoms with Gasteiger partial charge in [0.2, 0.25) is 0 Å². The summed E-state index contributed by atoms with van der Waals surface area (Å²) < 4.78 is 0. The summed E-state index contributed by atoms with van der Waals surface area (Å²) in [6.45, 7) is 5.29. The summed E-state index contributed by atoms with van der Waals surface area (Å²) >= 11 is 0. The monoisotopic (exact) mass is 191 g/mol. The lowest BCUT2D eigenvalue weighted by Gasteiger charge is -2.16. The Hall–Kier alpha value is -0.820. The minimum absolute atomic E-state index is 0.540. The van der Waals surface area contributed by atoms with Gasteiger partial charge in [0.05, 0.1) is 0 Å². The predicted octanol–water partition coefficient (Wildman–Crippen LogP) is 3.17. The molecule has 1 rings (SSSR count). The topological polar surface area (TPSA) is 26.0 Å². The summed E-state index contributed by atoms with van der Waals surface area (Å²) in [6, 6.07) is 10.6. The predicted molar refractivity (Wildman–Crippen MR) is 62.3 cm³/mol. The van der Waals surface area contributed by atoms with Crippen molar-refractivity contribution >= 4 is 0 Å². The van der Waals surface area contributed by atoms with E-state index in [0.717, 1.165) is 12.5 Å². The van der Waals surface area contributed by atoms with Crippen molar-refractivity contribution < 1.29 is 0 Å². The van der Waals surface area contributed by atoms with Gasteiger partial charge in [-0.2, -0.15) is 0 Å². The maximum Gasteiger partial charge on any atom is -0.000824 e. The van der Waals surface area contributed by atoms with Crippen LogP contribution in [0.15, 0.2) is 30.3 Å². The SMILES string of the molecule is CC(C)CCC(CN)c1ccccc1. The van der Waals surface area contributed by atoms with Crippen molar-refractivity contribution in [1.29, 1.82) is 0 Å². The van der Waals surface area contributed by atoms with Crippen LogP contribution in [0.5, 0.6) is 0 Å². The van der Waals surface area contributed by atoms with Crippen molar-refractivity contribution in [2.45, 2.75) is 32.6 Å². The van der Waals surface area contributed by atoms with Crippen LogP contribution in [0.25, 0.3) is 0 Å². The van der Waals surface area contributed by atoms with Gasteiger partial charge in [0.1, 0.15) is 0 Å². The minimum atomic E-state index is 0.540. The van der Waals surface area contributed by atoms with Crippen molar-refractivity contribution in [1.82, 2.24) is 0 Å². The Balaban J connectivity index is 2.54. The molecule has 1 heteroatoms. The van der Waals surface area contributed by atoms with E-state index in [4.69, 9.17) is 5.73 Å². The molecule has 0 aromatic heterocycles. The van der Waals surface area contributed by atoms with Crippen LogP contribution in [-0.4, -0.2) is 6.54 Å². The van der Waals surface area contributed by atoms with Gasteiger partial charge in [-0.15, -0.1) is 0 Å². The molecule has 0 aliphatic heterocycles. The molecule has 0 heterocycles. The standard InChI is InChI=1S/C13H21N/c1-11(2)8-9-13(10-14)12-6-4-3-5-7-12/h3-7,11,13H,8-10,14H2,1-2H3. The van der Waals surface area contributed by atoms with Crippen LogP contribution in [0.4, 0.5) is 0 Å². The van der Waals surface area contributed by atoms with Crippen molar-refractivity contribution in [2.75, 3.05) is 6.54 Å². The van der Waals surface area contributed by atoms with E-state index >= 15 is 0 Å². The van der Waals surface area contributed by atoms with Gasteiger partial charge in [-0.1, -0.05) is 50.6 Å². The first-order valence-corrected chi connectivity index (χ1v) is 5.49. The third kappa shape index (κ3) is 3.51. The Kier molecular flexibility index (Phi) is 4.68. The first-order chi connectivity index (χ1) is 6.74. The van der Waals surface area contributed by atoms with Gasteiger partial charge in [-0.3, -0.25) is 0 Å². The van der Waals surface area contributed by atoms with Gasteiger partial charge >= 0.3 is 0 Å². The summed E-state index contributed by atoms with van der Waals surface area (Å²) in [7, 11) is 0. The molecule has 0 aliphatic carbocycles. The zero-order chi connectivity index (χ0) is 10.4. The van der Waals surface area contributed by atoms with Gasteiger partial charge in [0, 0.05) is 0 Å². The summed E-state index contributed by atoms with van der Waals surface area (Å²) in [5.41, 5.74) is 7.18. The van der Waals surface area contributed by atoms with Gasteiger partial charge < -0.3 is 5.73 Å². The number of hydrogen-bond acceptors (Lipinski definition) is 1. The van der Waals surface area contributed by atoms with Crippen LogP contribution >= 0.6 is 0 Å². The van der Waals surface area contributed by atoms with Gasteiger partial charge in [-0.05, 0) is 30.4 Å². The van der Waals surface area contributed by atoms with Gasteiger partial charge in [0.25, 0.3) is 0 Å². The van der Waals surface area contributed by atoms with E-state index in [0.29, 0.717) is 5.92 Å². The Bertz CT molecular complexity index is 241. The maximum absolute atomic E-state index is 5.79.